The molecule has 24 heavy (non-hydrogen) atoms. The van der Waals surface area contributed by atoms with Crippen LogP contribution in [0.1, 0.15) is 28.8 Å². The van der Waals surface area contributed by atoms with E-state index in [4.69, 9.17) is 12.2 Å². The molecule has 1 atom stereocenters. The maximum absolute atomic E-state index is 12.4. The van der Waals surface area contributed by atoms with Gasteiger partial charge in [0.1, 0.15) is 19.9 Å². The van der Waals surface area contributed by atoms with Gasteiger partial charge in [0.2, 0.25) is 0 Å². The van der Waals surface area contributed by atoms with Crippen molar-refractivity contribution in [3.63, 3.8) is 0 Å². The van der Waals surface area contributed by atoms with Crippen LogP contribution in [0.5, 0.6) is 0 Å². The van der Waals surface area contributed by atoms with E-state index in [0.29, 0.717) is 12.0 Å². The van der Waals surface area contributed by atoms with Gasteiger partial charge in [0.25, 0.3) is 5.91 Å². The molecule has 0 fully saturated rings. The molecule has 0 bridgehead atoms. The Morgan fingerprint density at radius 3 is 2.38 bits per heavy atom. The minimum absolute atomic E-state index is 0.281. The van der Waals surface area contributed by atoms with E-state index in [-0.39, 0.29) is 12.3 Å². The molecular weight excluding hydrogens is 334 g/mol. The molecule has 1 unspecified atom stereocenters. The molecular formula is C19H23NO2SSi. The normalized spacial score (nSPS) is 13.0. The van der Waals surface area contributed by atoms with Crippen LogP contribution in [-0.4, -0.2) is 31.2 Å². The maximum Gasteiger partial charge on any atom is 0.252 e. The largest absolute Gasteiger partial charge is 0.339 e. The standard InChI is InChI=1S/C19H23NO2SSi/c1-5-11-19(15-21,12-13-23)20-18(22)17-8-6-16(7-9-17)10-14-24(2,3)4/h5-9,13,15H,1,11-12H2,2-4H3,(H,20,22). The van der Waals surface area contributed by atoms with E-state index in [1.807, 2.05) is 12.1 Å². The summed E-state index contributed by atoms with van der Waals surface area (Å²) in [7, 11) is -1.43. The first-order valence-electron chi connectivity index (χ1n) is 7.72. The lowest BCUT2D eigenvalue weighted by Crippen LogP contribution is -2.49. The Hall–Kier alpha value is -2.03. The summed E-state index contributed by atoms with van der Waals surface area (Å²) < 4.78 is 0. The Labute approximate surface area is 150 Å². The van der Waals surface area contributed by atoms with E-state index in [2.05, 4.69) is 43.0 Å². The van der Waals surface area contributed by atoms with Crippen molar-refractivity contribution in [2.45, 2.75) is 38.0 Å². The summed E-state index contributed by atoms with van der Waals surface area (Å²) in [6.07, 6.45) is 2.93. The van der Waals surface area contributed by atoms with Crippen LogP contribution in [0.4, 0.5) is 0 Å². The molecule has 0 saturated heterocycles. The number of rotatable bonds is 7. The van der Waals surface area contributed by atoms with Gasteiger partial charge in [0.15, 0.2) is 0 Å². The molecule has 1 aromatic rings. The first-order chi connectivity index (χ1) is 11.2. The quantitative estimate of drug-likeness (QED) is 0.267. The van der Waals surface area contributed by atoms with Crippen molar-refractivity contribution in [3.05, 3.63) is 48.0 Å². The first kappa shape index (κ1) is 20.0. The zero-order valence-electron chi connectivity index (χ0n) is 14.4. The molecule has 1 rings (SSSR count). The van der Waals surface area contributed by atoms with Crippen molar-refractivity contribution in [3.8, 4) is 11.5 Å². The van der Waals surface area contributed by atoms with Gasteiger partial charge in [0.05, 0.1) is 0 Å². The zero-order valence-corrected chi connectivity index (χ0v) is 16.2. The van der Waals surface area contributed by atoms with Gasteiger partial charge in [0, 0.05) is 17.5 Å². The lowest BCUT2D eigenvalue weighted by molar-refractivity contribution is -0.112. The lowest BCUT2D eigenvalue weighted by atomic mass is 9.93. The van der Waals surface area contributed by atoms with Crippen LogP contribution in [0.15, 0.2) is 36.9 Å². The second-order valence-electron chi connectivity index (χ2n) is 6.67. The molecule has 5 heteroatoms. The molecule has 3 nitrogen and oxygen atoms in total. The third-order valence-corrected chi connectivity index (χ3v) is 4.31. The molecule has 1 amide bonds. The summed E-state index contributed by atoms with van der Waals surface area (Å²) in [5.41, 5.74) is 3.61. The van der Waals surface area contributed by atoms with Crippen LogP contribution in [0.3, 0.4) is 0 Å². The highest BCUT2D eigenvalue weighted by molar-refractivity contribution is 7.78. The minimum atomic E-state index is -1.43. The summed E-state index contributed by atoms with van der Waals surface area (Å²) in [6, 6.07) is 7.06. The van der Waals surface area contributed by atoms with Gasteiger partial charge in [-0.1, -0.05) is 43.9 Å². The fourth-order valence-electron chi connectivity index (χ4n) is 1.98. The lowest BCUT2D eigenvalue weighted by Gasteiger charge is -2.26. The van der Waals surface area contributed by atoms with E-state index >= 15 is 0 Å². The van der Waals surface area contributed by atoms with Crippen molar-refractivity contribution in [2.24, 2.45) is 0 Å². The zero-order chi connectivity index (χ0) is 18.2. The molecule has 0 aliphatic carbocycles. The van der Waals surface area contributed by atoms with Gasteiger partial charge in [-0.3, -0.25) is 4.79 Å². The van der Waals surface area contributed by atoms with E-state index in [0.717, 1.165) is 11.8 Å². The molecule has 0 radical (unpaired) electrons. The molecule has 0 spiro atoms. The Kier molecular flexibility index (Phi) is 7.27. The summed E-state index contributed by atoms with van der Waals surface area (Å²) in [5.74, 6) is 2.83. The number of thiocarbonyl (C=S) groups is 1. The predicted octanol–water partition coefficient (Wildman–Crippen LogP) is 3.55. The molecule has 0 saturated carbocycles. The van der Waals surface area contributed by atoms with Crippen LogP contribution < -0.4 is 5.32 Å². The van der Waals surface area contributed by atoms with Crippen LogP contribution in [0, 0.1) is 11.5 Å². The van der Waals surface area contributed by atoms with Crippen LogP contribution in [0.2, 0.25) is 19.6 Å². The number of benzene rings is 1. The number of hydrogen-bond donors (Lipinski definition) is 1. The van der Waals surface area contributed by atoms with Crippen LogP contribution in [0.25, 0.3) is 0 Å². The van der Waals surface area contributed by atoms with Gasteiger partial charge in [-0.2, -0.15) is 0 Å². The SMILES string of the molecule is C=CCC(C=O)(CC=S)NC(=O)c1ccc(C#C[Si](C)(C)C)cc1. The van der Waals surface area contributed by atoms with Crippen molar-refractivity contribution in [1.29, 1.82) is 0 Å². The third-order valence-electron chi connectivity index (χ3n) is 3.27. The number of aldehydes is 1. The fraction of sp³-hybridized carbons (Fsp3) is 0.316. The Balaban J connectivity index is 2.94. The van der Waals surface area contributed by atoms with Gasteiger partial charge >= 0.3 is 0 Å². The van der Waals surface area contributed by atoms with Crippen LogP contribution >= 0.6 is 12.2 Å². The molecule has 0 aromatic heterocycles. The summed E-state index contributed by atoms with van der Waals surface area (Å²) >= 11 is 4.84. The summed E-state index contributed by atoms with van der Waals surface area (Å²) in [6.45, 7) is 10.2. The monoisotopic (exact) mass is 357 g/mol. The van der Waals surface area contributed by atoms with E-state index in [9.17, 15) is 9.59 Å². The van der Waals surface area contributed by atoms with Gasteiger partial charge in [-0.05, 0) is 36.1 Å². The molecule has 1 N–H and O–H groups in total. The molecule has 0 aliphatic heterocycles. The number of carbonyl (C=O) groups is 2. The highest BCUT2D eigenvalue weighted by atomic mass is 32.1. The maximum atomic E-state index is 12.4. The second-order valence-corrected chi connectivity index (χ2v) is 11.8. The van der Waals surface area contributed by atoms with Gasteiger partial charge < -0.3 is 10.1 Å². The van der Waals surface area contributed by atoms with Crippen molar-refractivity contribution >= 4 is 37.9 Å². The van der Waals surface area contributed by atoms with Gasteiger partial charge in [-0.15, -0.1) is 12.1 Å². The van der Waals surface area contributed by atoms with E-state index < -0.39 is 13.6 Å². The topological polar surface area (TPSA) is 46.2 Å². The number of amides is 1. The highest BCUT2D eigenvalue weighted by Crippen LogP contribution is 2.14. The smallest absolute Gasteiger partial charge is 0.252 e. The van der Waals surface area contributed by atoms with Crippen molar-refractivity contribution in [2.75, 3.05) is 0 Å². The summed E-state index contributed by atoms with van der Waals surface area (Å²) in [5, 5.41) is 4.22. The predicted molar refractivity (Wildman–Crippen MR) is 106 cm³/mol. The summed E-state index contributed by atoms with van der Waals surface area (Å²) in [4.78, 5) is 23.9. The second kappa shape index (κ2) is 8.72. The Morgan fingerprint density at radius 2 is 1.92 bits per heavy atom. The molecule has 0 aliphatic rings. The number of nitrogens with one attached hydrogen (secondary N) is 1. The Morgan fingerprint density at radius 1 is 1.29 bits per heavy atom. The van der Waals surface area contributed by atoms with Gasteiger partial charge in [-0.25, -0.2) is 0 Å². The first-order valence-corrected chi connectivity index (χ1v) is 11.7. The number of hydrogen-bond acceptors (Lipinski definition) is 3. The molecule has 126 valence electrons. The van der Waals surface area contributed by atoms with Crippen LogP contribution in [-0.2, 0) is 4.79 Å². The average Bonchev–Trinajstić information content (AvgIpc) is 2.53. The average molecular weight is 358 g/mol. The molecule has 0 heterocycles. The van der Waals surface area contributed by atoms with E-state index in [1.165, 1.54) is 5.37 Å². The third kappa shape index (κ3) is 6.23. The van der Waals surface area contributed by atoms with Crippen molar-refractivity contribution in [1.82, 2.24) is 5.32 Å². The van der Waals surface area contributed by atoms with E-state index in [1.54, 1.807) is 18.2 Å². The number of carbonyl (C=O) groups excluding carboxylic acids is 2. The van der Waals surface area contributed by atoms with Crippen molar-refractivity contribution < 1.29 is 9.59 Å². The Bertz CT molecular complexity index is 668. The fourth-order valence-corrected chi connectivity index (χ4v) is 2.80. The minimum Gasteiger partial charge on any atom is -0.339 e. The molecule has 1 aromatic carbocycles. The highest BCUT2D eigenvalue weighted by Gasteiger charge is 2.29.